The van der Waals surface area contributed by atoms with Crippen molar-refractivity contribution in [3.8, 4) is 5.69 Å². The van der Waals surface area contributed by atoms with Crippen molar-refractivity contribution in [2.45, 2.75) is 20.0 Å². The monoisotopic (exact) mass is 500 g/mol. The van der Waals surface area contributed by atoms with Gasteiger partial charge in [-0.15, -0.1) is 0 Å². The second kappa shape index (κ2) is 9.10. The van der Waals surface area contributed by atoms with E-state index in [1.807, 2.05) is 30.5 Å². The number of carbonyl (C=O) groups is 3. The molecule has 1 fully saturated rings. The van der Waals surface area contributed by atoms with Gasteiger partial charge in [0.05, 0.1) is 28.8 Å². The third-order valence-corrected chi connectivity index (χ3v) is 6.38. The molecule has 6 nitrogen and oxygen atoms in total. The lowest BCUT2D eigenvalue weighted by molar-refractivity contribution is -0.137. The lowest BCUT2D eigenvalue weighted by Gasteiger charge is -2.14. The molecule has 1 aliphatic heterocycles. The number of rotatable bonds is 4. The first-order valence-electron chi connectivity index (χ1n) is 10.3. The van der Waals surface area contributed by atoms with E-state index in [1.54, 1.807) is 24.3 Å². The molecule has 0 aliphatic carbocycles. The first kappa shape index (κ1) is 24.3. The Bertz CT molecular complexity index is 1390. The summed E-state index contributed by atoms with van der Waals surface area (Å²) in [5.41, 5.74) is 2.20. The number of carbonyl (C=O) groups excluding carboxylic acids is 3. The molecule has 0 unspecified atom stereocenters. The highest BCUT2D eigenvalue weighted by atomic mass is 32.2. The second-order valence-electron chi connectivity index (χ2n) is 7.77. The lowest BCUT2D eigenvalue weighted by atomic mass is 10.1. The molecule has 4 rings (SSSR count). The van der Waals surface area contributed by atoms with Gasteiger partial charge in [0.2, 0.25) is 0 Å². The standard InChI is InChI=1S/C25H19F3N2O4S/c1-14-10-17(15(2)29(14)19-8-4-6-16(11-19)23(32)34-3)12-21-22(31)30(24(33)35-21)20-9-5-7-18(13-20)25(26,27)28/h4-13H,1-3H3/b21-12+. The number of imide groups is 1. The van der Waals surface area contributed by atoms with Crippen molar-refractivity contribution in [1.29, 1.82) is 0 Å². The van der Waals surface area contributed by atoms with Crippen molar-refractivity contribution in [1.82, 2.24) is 4.57 Å². The largest absolute Gasteiger partial charge is 0.465 e. The molecule has 3 aromatic rings. The Morgan fingerprint density at radius 3 is 2.37 bits per heavy atom. The fourth-order valence-electron chi connectivity index (χ4n) is 3.87. The molecule has 2 heterocycles. The van der Waals surface area contributed by atoms with E-state index in [-0.39, 0.29) is 10.6 Å². The van der Waals surface area contributed by atoms with Crippen LogP contribution in [0.4, 0.5) is 23.7 Å². The minimum atomic E-state index is -4.60. The van der Waals surface area contributed by atoms with Crippen LogP contribution in [-0.2, 0) is 15.7 Å². The minimum absolute atomic E-state index is 0.0935. The Balaban J connectivity index is 1.69. The zero-order valence-electron chi connectivity index (χ0n) is 18.8. The van der Waals surface area contributed by atoms with Crippen LogP contribution in [0, 0.1) is 13.8 Å². The smallest absolute Gasteiger partial charge is 0.416 e. The number of aryl methyl sites for hydroxylation is 1. The highest BCUT2D eigenvalue weighted by Gasteiger charge is 2.38. The third-order valence-electron chi connectivity index (χ3n) is 5.51. The minimum Gasteiger partial charge on any atom is -0.465 e. The number of thioether (sulfide) groups is 1. The summed E-state index contributed by atoms with van der Waals surface area (Å²) >= 11 is 0.661. The number of hydrogen-bond donors (Lipinski definition) is 0. The van der Waals surface area contributed by atoms with Crippen LogP contribution in [-0.4, -0.2) is 28.8 Å². The molecule has 2 amide bonds. The number of nitrogens with zero attached hydrogens (tertiary/aromatic N) is 2. The summed E-state index contributed by atoms with van der Waals surface area (Å²) in [7, 11) is 1.30. The van der Waals surface area contributed by atoms with Gasteiger partial charge in [0, 0.05) is 17.1 Å². The van der Waals surface area contributed by atoms with Crippen LogP contribution in [0.25, 0.3) is 11.8 Å². The maximum Gasteiger partial charge on any atom is 0.416 e. The van der Waals surface area contributed by atoms with Gasteiger partial charge in [-0.2, -0.15) is 13.2 Å². The molecule has 2 aromatic carbocycles. The third kappa shape index (κ3) is 4.61. The Morgan fingerprint density at radius 2 is 1.69 bits per heavy atom. The van der Waals surface area contributed by atoms with Gasteiger partial charge >= 0.3 is 12.1 Å². The van der Waals surface area contributed by atoms with E-state index in [4.69, 9.17) is 4.74 Å². The van der Waals surface area contributed by atoms with Crippen molar-refractivity contribution in [2.75, 3.05) is 12.0 Å². The first-order chi connectivity index (χ1) is 16.5. The molecule has 10 heteroatoms. The Kier molecular flexibility index (Phi) is 6.33. The summed E-state index contributed by atoms with van der Waals surface area (Å²) in [4.78, 5) is 38.3. The topological polar surface area (TPSA) is 68.6 Å². The van der Waals surface area contributed by atoms with E-state index >= 15 is 0 Å². The Labute approximate surface area is 203 Å². The molecular formula is C25H19F3N2O4S. The number of alkyl halides is 3. The van der Waals surface area contributed by atoms with Crippen LogP contribution >= 0.6 is 11.8 Å². The van der Waals surface area contributed by atoms with Crippen molar-refractivity contribution >= 4 is 40.6 Å². The Morgan fingerprint density at radius 1 is 1.00 bits per heavy atom. The van der Waals surface area contributed by atoms with E-state index in [0.717, 1.165) is 34.5 Å². The molecule has 1 saturated heterocycles. The summed E-state index contributed by atoms with van der Waals surface area (Å²) in [6.07, 6.45) is -3.06. The number of aromatic nitrogens is 1. The van der Waals surface area contributed by atoms with E-state index in [1.165, 1.54) is 13.2 Å². The van der Waals surface area contributed by atoms with Crippen molar-refractivity contribution in [2.24, 2.45) is 0 Å². The molecule has 0 N–H and O–H groups in total. The van der Waals surface area contributed by atoms with Gasteiger partial charge < -0.3 is 9.30 Å². The van der Waals surface area contributed by atoms with E-state index in [9.17, 15) is 27.6 Å². The van der Waals surface area contributed by atoms with Gasteiger partial charge in [-0.25, -0.2) is 9.69 Å². The Hall–Kier alpha value is -3.79. The van der Waals surface area contributed by atoms with Crippen LogP contribution in [0.1, 0.15) is 32.9 Å². The number of methoxy groups -OCH3 is 1. The number of halogens is 3. The highest BCUT2D eigenvalue weighted by Crippen LogP contribution is 2.39. The fraction of sp³-hybridized carbons (Fsp3) is 0.160. The molecule has 1 aliphatic rings. The molecule has 0 spiro atoms. The molecular weight excluding hydrogens is 481 g/mol. The maximum absolute atomic E-state index is 13.1. The van der Waals surface area contributed by atoms with E-state index < -0.39 is 28.9 Å². The number of amides is 2. The van der Waals surface area contributed by atoms with Crippen LogP contribution < -0.4 is 4.90 Å². The van der Waals surface area contributed by atoms with Gasteiger partial charge in [0.1, 0.15) is 0 Å². The first-order valence-corrected chi connectivity index (χ1v) is 11.2. The normalized spacial score (nSPS) is 15.3. The average molecular weight is 500 g/mol. The van der Waals surface area contributed by atoms with Crippen molar-refractivity contribution in [3.05, 3.63) is 87.6 Å². The van der Waals surface area contributed by atoms with Crippen LogP contribution in [0.2, 0.25) is 0 Å². The molecule has 0 atom stereocenters. The predicted molar refractivity (Wildman–Crippen MR) is 126 cm³/mol. The quantitative estimate of drug-likeness (QED) is 0.318. The van der Waals surface area contributed by atoms with Crippen molar-refractivity contribution < 1.29 is 32.3 Å². The number of hydrogen-bond acceptors (Lipinski definition) is 5. The number of esters is 1. The molecule has 0 radical (unpaired) electrons. The van der Waals surface area contributed by atoms with Crippen LogP contribution in [0.3, 0.4) is 0 Å². The van der Waals surface area contributed by atoms with Gasteiger partial charge in [-0.3, -0.25) is 9.59 Å². The predicted octanol–water partition coefficient (Wildman–Crippen LogP) is 6.14. The van der Waals surface area contributed by atoms with Gasteiger partial charge in [0.15, 0.2) is 0 Å². The van der Waals surface area contributed by atoms with Gasteiger partial charge in [-0.1, -0.05) is 12.1 Å². The highest BCUT2D eigenvalue weighted by molar-refractivity contribution is 8.19. The van der Waals surface area contributed by atoms with Crippen LogP contribution in [0.15, 0.2) is 59.5 Å². The summed E-state index contributed by atoms with van der Waals surface area (Å²) in [6.45, 7) is 3.67. The average Bonchev–Trinajstić information content (AvgIpc) is 3.26. The molecule has 0 saturated carbocycles. The summed E-state index contributed by atoms with van der Waals surface area (Å²) in [5, 5.41) is -0.680. The van der Waals surface area contributed by atoms with E-state index in [0.29, 0.717) is 28.6 Å². The zero-order valence-corrected chi connectivity index (χ0v) is 19.7. The summed E-state index contributed by atoms with van der Waals surface area (Å²) < 4.78 is 45.9. The number of anilines is 1. The zero-order chi connectivity index (χ0) is 25.5. The molecule has 180 valence electrons. The van der Waals surface area contributed by atoms with Gasteiger partial charge in [-0.05, 0) is 79.7 Å². The summed E-state index contributed by atoms with van der Waals surface area (Å²) in [6, 6.07) is 12.8. The number of benzene rings is 2. The number of ether oxygens (including phenoxy) is 1. The van der Waals surface area contributed by atoms with Crippen LogP contribution in [0.5, 0.6) is 0 Å². The second-order valence-corrected chi connectivity index (χ2v) is 8.76. The van der Waals surface area contributed by atoms with Gasteiger partial charge in [0.25, 0.3) is 11.1 Å². The fourth-order valence-corrected chi connectivity index (χ4v) is 4.71. The summed E-state index contributed by atoms with van der Waals surface area (Å²) in [5.74, 6) is -1.17. The molecule has 0 bridgehead atoms. The molecule has 1 aromatic heterocycles. The maximum atomic E-state index is 13.1. The van der Waals surface area contributed by atoms with E-state index in [2.05, 4.69) is 0 Å². The SMILES string of the molecule is COC(=O)c1cccc(-n2c(C)cc(/C=C3/SC(=O)N(c4cccc(C(F)(F)F)c4)C3=O)c2C)c1. The van der Waals surface area contributed by atoms with Crippen molar-refractivity contribution in [3.63, 3.8) is 0 Å². The molecule has 35 heavy (non-hydrogen) atoms. The lowest BCUT2D eigenvalue weighted by Crippen LogP contribution is -2.28.